The van der Waals surface area contributed by atoms with Crippen LogP contribution in [0.25, 0.3) is 0 Å². The third-order valence-electron chi connectivity index (χ3n) is 2.60. The Balaban J connectivity index is 2.10. The zero-order chi connectivity index (χ0) is 11.4. The van der Waals surface area contributed by atoms with Crippen LogP contribution in [0.15, 0.2) is 18.3 Å². The first kappa shape index (κ1) is 10.9. The van der Waals surface area contributed by atoms with Gasteiger partial charge in [-0.25, -0.2) is 4.79 Å². The summed E-state index contributed by atoms with van der Waals surface area (Å²) in [5.41, 5.74) is 7.42. The summed E-state index contributed by atoms with van der Waals surface area (Å²) in [4.78, 5) is 17.3. The van der Waals surface area contributed by atoms with Crippen LogP contribution in [0.2, 0.25) is 0 Å². The highest BCUT2D eigenvalue weighted by atomic mass is 16.6. The number of pyridine rings is 1. The molecule has 0 saturated carbocycles. The Hall–Kier alpha value is -1.62. The molecule has 2 heterocycles. The summed E-state index contributed by atoms with van der Waals surface area (Å²) in [6.45, 7) is 2.17. The molecule has 2 rings (SSSR count). The van der Waals surface area contributed by atoms with E-state index in [0.717, 1.165) is 24.2 Å². The molecule has 0 aromatic carbocycles. The Bertz CT molecular complexity index is 381. The van der Waals surface area contributed by atoms with Gasteiger partial charge >= 0.3 is 6.09 Å². The molecule has 1 fully saturated rings. The lowest BCUT2D eigenvalue weighted by Gasteiger charge is -2.26. The minimum Gasteiger partial charge on any atom is -0.449 e. The normalized spacial score (nSPS) is 16.1. The summed E-state index contributed by atoms with van der Waals surface area (Å²) >= 11 is 0. The van der Waals surface area contributed by atoms with E-state index in [9.17, 15) is 4.79 Å². The molecule has 1 saturated heterocycles. The van der Waals surface area contributed by atoms with Crippen LogP contribution in [0.4, 0.5) is 4.79 Å². The van der Waals surface area contributed by atoms with Crippen molar-refractivity contribution in [1.82, 2.24) is 9.88 Å². The molecule has 0 radical (unpaired) electrons. The fourth-order valence-electron chi connectivity index (χ4n) is 1.75. The third kappa shape index (κ3) is 2.30. The Morgan fingerprint density at radius 2 is 2.44 bits per heavy atom. The lowest BCUT2D eigenvalue weighted by atomic mass is 10.1. The molecule has 5 heteroatoms. The highest BCUT2D eigenvalue weighted by molar-refractivity contribution is 5.68. The summed E-state index contributed by atoms with van der Waals surface area (Å²) in [7, 11) is 0. The number of nitrogens with zero attached hydrogens (tertiary/aromatic N) is 2. The number of nitrogens with two attached hydrogens (primary N) is 1. The van der Waals surface area contributed by atoms with Crippen molar-refractivity contribution in [3.8, 4) is 0 Å². The molecule has 86 valence electrons. The van der Waals surface area contributed by atoms with Gasteiger partial charge in [-0.1, -0.05) is 6.07 Å². The van der Waals surface area contributed by atoms with Crippen molar-refractivity contribution in [1.29, 1.82) is 0 Å². The number of carbonyl (C=O) groups is 1. The predicted molar refractivity (Wildman–Crippen MR) is 58.5 cm³/mol. The van der Waals surface area contributed by atoms with E-state index >= 15 is 0 Å². The quantitative estimate of drug-likeness (QED) is 0.822. The van der Waals surface area contributed by atoms with Crippen LogP contribution in [0, 0.1) is 0 Å². The maximum atomic E-state index is 11.5. The summed E-state index contributed by atoms with van der Waals surface area (Å²) in [5, 5.41) is 0. The number of rotatable bonds is 3. The molecule has 1 aliphatic heterocycles. The molecule has 0 unspecified atom stereocenters. The molecule has 0 spiro atoms. The minimum atomic E-state index is -0.252. The van der Waals surface area contributed by atoms with Gasteiger partial charge in [0, 0.05) is 19.3 Å². The first-order chi connectivity index (χ1) is 7.81. The fourth-order valence-corrected chi connectivity index (χ4v) is 1.75. The van der Waals surface area contributed by atoms with E-state index in [4.69, 9.17) is 10.5 Å². The van der Waals surface area contributed by atoms with Crippen molar-refractivity contribution in [3.05, 3.63) is 29.6 Å². The molecule has 1 aromatic rings. The van der Waals surface area contributed by atoms with Crippen LogP contribution < -0.4 is 5.73 Å². The Morgan fingerprint density at radius 1 is 1.56 bits per heavy atom. The zero-order valence-electron chi connectivity index (χ0n) is 9.06. The molecule has 1 aromatic heterocycles. The van der Waals surface area contributed by atoms with Crippen molar-refractivity contribution in [2.45, 2.75) is 19.5 Å². The van der Waals surface area contributed by atoms with Crippen LogP contribution in [0.1, 0.15) is 17.7 Å². The van der Waals surface area contributed by atoms with Crippen LogP contribution in [0.5, 0.6) is 0 Å². The Morgan fingerprint density at radius 3 is 3.19 bits per heavy atom. The topological polar surface area (TPSA) is 68.4 Å². The standard InChI is InChI=1S/C11H15N3O2/c12-7-10-9(3-1-4-13-10)8-14-5-2-6-16-11(14)15/h1,3-4H,2,5-8,12H2. The summed E-state index contributed by atoms with van der Waals surface area (Å²) in [5.74, 6) is 0. The maximum Gasteiger partial charge on any atom is 0.410 e. The number of amides is 1. The van der Waals surface area contributed by atoms with Crippen LogP contribution in [0.3, 0.4) is 0 Å². The van der Waals surface area contributed by atoms with E-state index in [1.807, 2.05) is 12.1 Å². The summed E-state index contributed by atoms with van der Waals surface area (Å²) in [6, 6.07) is 3.79. The van der Waals surface area contributed by atoms with Gasteiger partial charge in [-0.3, -0.25) is 4.98 Å². The van der Waals surface area contributed by atoms with Crippen LogP contribution in [-0.2, 0) is 17.8 Å². The highest BCUT2D eigenvalue weighted by Gasteiger charge is 2.20. The smallest absolute Gasteiger partial charge is 0.410 e. The van der Waals surface area contributed by atoms with Gasteiger partial charge in [0.15, 0.2) is 0 Å². The molecule has 0 atom stereocenters. The molecular weight excluding hydrogens is 206 g/mol. The van der Waals surface area contributed by atoms with Crippen molar-refractivity contribution >= 4 is 6.09 Å². The average molecular weight is 221 g/mol. The predicted octanol–water partition coefficient (Wildman–Crippen LogP) is 0.883. The second kappa shape index (κ2) is 4.94. The number of carbonyl (C=O) groups excluding carboxylic acids is 1. The molecule has 2 N–H and O–H groups in total. The molecule has 5 nitrogen and oxygen atoms in total. The number of hydrogen-bond donors (Lipinski definition) is 1. The van der Waals surface area contributed by atoms with Gasteiger partial charge in [-0.05, 0) is 18.1 Å². The minimum absolute atomic E-state index is 0.252. The fraction of sp³-hybridized carbons (Fsp3) is 0.455. The Labute approximate surface area is 94.2 Å². The van der Waals surface area contributed by atoms with E-state index in [1.165, 1.54) is 0 Å². The van der Waals surface area contributed by atoms with Crippen molar-refractivity contribution in [2.75, 3.05) is 13.2 Å². The second-order valence-corrected chi connectivity index (χ2v) is 3.70. The van der Waals surface area contributed by atoms with E-state index < -0.39 is 0 Å². The van der Waals surface area contributed by atoms with Crippen LogP contribution in [-0.4, -0.2) is 29.1 Å². The lowest BCUT2D eigenvalue weighted by Crippen LogP contribution is -2.37. The van der Waals surface area contributed by atoms with Gasteiger partial charge < -0.3 is 15.4 Å². The van der Waals surface area contributed by atoms with Gasteiger partial charge in [0.25, 0.3) is 0 Å². The van der Waals surface area contributed by atoms with E-state index in [0.29, 0.717) is 19.7 Å². The van der Waals surface area contributed by atoms with E-state index in [2.05, 4.69) is 4.98 Å². The molecular formula is C11H15N3O2. The SMILES string of the molecule is NCc1ncccc1CN1CCCOC1=O. The Kier molecular flexibility index (Phi) is 3.36. The molecule has 16 heavy (non-hydrogen) atoms. The third-order valence-corrected chi connectivity index (χ3v) is 2.60. The molecule has 0 bridgehead atoms. The highest BCUT2D eigenvalue weighted by Crippen LogP contribution is 2.12. The first-order valence-electron chi connectivity index (χ1n) is 5.36. The number of ether oxygens (including phenoxy) is 1. The van der Waals surface area contributed by atoms with Crippen molar-refractivity contribution < 1.29 is 9.53 Å². The monoisotopic (exact) mass is 221 g/mol. The lowest BCUT2D eigenvalue weighted by molar-refractivity contribution is 0.0699. The van der Waals surface area contributed by atoms with Crippen molar-refractivity contribution in [2.24, 2.45) is 5.73 Å². The molecule has 1 aliphatic rings. The van der Waals surface area contributed by atoms with Crippen LogP contribution >= 0.6 is 0 Å². The van der Waals surface area contributed by atoms with Gasteiger partial charge in [-0.2, -0.15) is 0 Å². The van der Waals surface area contributed by atoms with E-state index in [-0.39, 0.29) is 6.09 Å². The zero-order valence-corrected chi connectivity index (χ0v) is 9.06. The van der Waals surface area contributed by atoms with Gasteiger partial charge in [-0.15, -0.1) is 0 Å². The largest absolute Gasteiger partial charge is 0.449 e. The number of hydrogen-bond acceptors (Lipinski definition) is 4. The number of cyclic esters (lactones) is 1. The number of aromatic nitrogens is 1. The molecule has 1 amide bonds. The summed E-state index contributed by atoms with van der Waals surface area (Å²) in [6.07, 6.45) is 2.34. The van der Waals surface area contributed by atoms with Gasteiger partial charge in [0.1, 0.15) is 0 Å². The second-order valence-electron chi connectivity index (χ2n) is 3.70. The van der Waals surface area contributed by atoms with Gasteiger partial charge in [0.2, 0.25) is 0 Å². The first-order valence-corrected chi connectivity index (χ1v) is 5.36. The van der Waals surface area contributed by atoms with Crippen molar-refractivity contribution in [3.63, 3.8) is 0 Å². The van der Waals surface area contributed by atoms with Gasteiger partial charge in [0.05, 0.1) is 18.8 Å². The van der Waals surface area contributed by atoms with E-state index in [1.54, 1.807) is 11.1 Å². The maximum absolute atomic E-state index is 11.5. The molecule has 0 aliphatic carbocycles. The summed E-state index contributed by atoms with van der Waals surface area (Å²) < 4.78 is 4.97. The average Bonchev–Trinajstić information content (AvgIpc) is 2.33.